The Morgan fingerprint density at radius 3 is 2.10 bits per heavy atom. The standard InChI is InChI=1S/C23H37N3O14S/c1-3-26-11(29)4-10(22(26)38)41-6-8(24-7(2)28)21(37)25-12-14(31)13(30)9(5-27)39-23(12)40-20-18(35)16(33)15(32)17(34)19(20)36/h8-10,12-20,23,27,30-36H,3-6H2,1-2H3,(H,24,28)(H,25,37)/t8-,9+,10?,12+,13+,14+,15?,16-,17+,18+,19+,20?,23+/m0/s1. The van der Waals surface area contributed by atoms with E-state index in [-0.39, 0.29) is 24.6 Å². The van der Waals surface area contributed by atoms with Crippen molar-refractivity contribution in [2.75, 3.05) is 18.9 Å². The van der Waals surface area contributed by atoms with Gasteiger partial charge >= 0.3 is 0 Å². The molecular weight excluding hydrogens is 574 g/mol. The zero-order valence-corrected chi connectivity index (χ0v) is 23.0. The second-order valence-electron chi connectivity index (χ2n) is 10.1. The number of nitrogens with one attached hydrogen (secondary N) is 2. The predicted octanol–water partition coefficient (Wildman–Crippen LogP) is -6.50. The normalized spacial score (nSPS) is 40.4. The molecule has 0 spiro atoms. The average molecular weight is 612 g/mol. The van der Waals surface area contributed by atoms with E-state index in [9.17, 15) is 60.0 Å². The van der Waals surface area contributed by atoms with E-state index in [4.69, 9.17) is 9.47 Å². The Bertz CT molecular complexity index is 960. The lowest BCUT2D eigenvalue weighted by molar-refractivity contribution is -0.319. The summed E-state index contributed by atoms with van der Waals surface area (Å²) < 4.78 is 11.0. The molecule has 2 aliphatic heterocycles. The highest BCUT2D eigenvalue weighted by molar-refractivity contribution is 8.00. The van der Waals surface area contributed by atoms with Crippen molar-refractivity contribution in [3.05, 3.63) is 0 Å². The fourth-order valence-corrected chi connectivity index (χ4v) is 6.07. The maximum absolute atomic E-state index is 13.3. The largest absolute Gasteiger partial charge is 0.394 e. The van der Waals surface area contributed by atoms with Gasteiger partial charge in [-0.3, -0.25) is 24.1 Å². The monoisotopic (exact) mass is 611 g/mol. The number of hydrogen-bond donors (Lipinski definition) is 10. The van der Waals surface area contributed by atoms with Gasteiger partial charge in [0.15, 0.2) is 6.29 Å². The Balaban J connectivity index is 1.79. The fraction of sp³-hybridized carbons (Fsp3) is 0.826. The molecule has 18 heteroatoms. The summed E-state index contributed by atoms with van der Waals surface area (Å²) in [7, 11) is 0. The number of thioether (sulfide) groups is 1. The molecule has 17 nitrogen and oxygen atoms in total. The van der Waals surface area contributed by atoms with Gasteiger partial charge in [-0.25, -0.2) is 0 Å². The number of carbonyl (C=O) groups is 4. The van der Waals surface area contributed by atoms with E-state index >= 15 is 0 Å². The summed E-state index contributed by atoms with van der Waals surface area (Å²) in [5.74, 6) is -2.56. The molecule has 234 valence electrons. The summed E-state index contributed by atoms with van der Waals surface area (Å²) in [5, 5.41) is 85.3. The molecule has 3 aliphatic rings. The Hall–Kier alpha value is -1.97. The van der Waals surface area contributed by atoms with Gasteiger partial charge in [0.25, 0.3) is 0 Å². The van der Waals surface area contributed by atoms with E-state index in [2.05, 4.69) is 10.6 Å². The first-order valence-corrected chi connectivity index (χ1v) is 14.0. The van der Waals surface area contributed by atoms with Crippen molar-refractivity contribution >= 4 is 35.4 Å². The van der Waals surface area contributed by atoms with Crippen molar-refractivity contribution in [1.82, 2.24) is 15.5 Å². The van der Waals surface area contributed by atoms with Gasteiger partial charge in [0.2, 0.25) is 23.6 Å². The third-order valence-electron chi connectivity index (χ3n) is 7.23. The molecule has 3 fully saturated rings. The third kappa shape index (κ3) is 7.16. The SMILES string of the molecule is CCN1C(=O)CC(SC[C@H](NC(C)=O)C(=O)N[C@H]2[C@@H](OC3[C@H](O)[C@H](O)C(O)[C@H](O)[C@H]3O)O[C@H](CO)[C@@H](O)[C@@H]2O)C1=O. The molecule has 0 bridgehead atoms. The van der Waals surface area contributed by atoms with Gasteiger partial charge in [-0.2, -0.15) is 0 Å². The van der Waals surface area contributed by atoms with Crippen LogP contribution in [0.4, 0.5) is 0 Å². The first kappa shape index (κ1) is 33.5. The summed E-state index contributed by atoms with van der Waals surface area (Å²) in [4.78, 5) is 50.6. The van der Waals surface area contributed by atoms with E-state index in [0.29, 0.717) is 0 Å². The second kappa shape index (κ2) is 14.0. The lowest BCUT2D eigenvalue weighted by Gasteiger charge is -2.47. The molecule has 13 atom stereocenters. The summed E-state index contributed by atoms with van der Waals surface area (Å²) in [6.45, 7) is 2.12. The number of aliphatic hydroxyl groups excluding tert-OH is 8. The molecular formula is C23H37N3O14S. The number of imide groups is 1. The van der Waals surface area contributed by atoms with Crippen molar-refractivity contribution < 1.29 is 69.5 Å². The summed E-state index contributed by atoms with van der Waals surface area (Å²) in [6.07, 6.45) is -18.6. The topological polar surface area (TPSA) is 276 Å². The van der Waals surface area contributed by atoms with E-state index in [1.807, 2.05) is 0 Å². The van der Waals surface area contributed by atoms with Crippen LogP contribution in [0.2, 0.25) is 0 Å². The van der Waals surface area contributed by atoms with Crippen molar-refractivity contribution in [3.63, 3.8) is 0 Å². The highest BCUT2D eigenvalue weighted by atomic mass is 32.2. The van der Waals surface area contributed by atoms with Crippen LogP contribution >= 0.6 is 11.8 Å². The first-order valence-electron chi connectivity index (χ1n) is 12.9. The van der Waals surface area contributed by atoms with E-state index in [0.717, 1.165) is 23.6 Å². The van der Waals surface area contributed by atoms with Crippen molar-refractivity contribution in [2.24, 2.45) is 0 Å². The van der Waals surface area contributed by atoms with Crippen molar-refractivity contribution in [1.29, 1.82) is 0 Å². The molecule has 1 aliphatic carbocycles. The lowest BCUT2D eigenvalue weighted by atomic mass is 9.84. The zero-order valence-electron chi connectivity index (χ0n) is 22.2. The minimum absolute atomic E-state index is 0.0932. The molecule has 10 N–H and O–H groups in total. The van der Waals surface area contributed by atoms with Crippen LogP contribution in [0.5, 0.6) is 0 Å². The minimum Gasteiger partial charge on any atom is -0.394 e. The number of amides is 4. The molecule has 3 rings (SSSR count). The van der Waals surface area contributed by atoms with Gasteiger partial charge in [0.1, 0.15) is 67.0 Å². The zero-order chi connectivity index (χ0) is 30.8. The maximum atomic E-state index is 13.3. The number of hydrogen-bond acceptors (Lipinski definition) is 15. The molecule has 1 saturated carbocycles. The number of aliphatic hydroxyl groups is 8. The third-order valence-corrected chi connectivity index (χ3v) is 8.53. The quantitative estimate of drug-likeness (QED) is 0.103. The molecule has 41 heavy (non-hydrogen) atoms. The summed E-state index contributed by atoms with van der Waals surface area (Å²) >= 11 is 0.951. The number of nitrogens with zero attached hydrogens (tertiary/aromatic N) is 1. The Kier molecular flexibility index (Phi) is 11.5. The number of carbonyl (C=O) groups excluding carboxylic acids is 4. The van der Waals surface area contributed by atoms with Crippen LogP contribution in [0.25, 0.3) is 0 Å². The molecule has 0 aromatic heterocycles. The predicted molar refractivity (Wildman–Crippen MR) is 135 cm³/mol. The van der Waals surface area contributed by atoms with Crippen molar-refractivity contribution in [3.8, 4) is 0 Å². The maximum Gasteiger partial charge on any atom is 0.243 e. The fourth-order valence-electron chi connectivity index (χ4n) is 4.89. The molecule has 0 aromatic rings. The summed E-state index contributed by atoms with van der Waals surface area (Å²) in [6, 6.07) is -2.98. The Morgan fingerprint density at radius 1 is 1.00 bits per heavy atom. The van der Waals surface area contributed by atoms with Gasteiger partial charge < -0.3 is 61.0 Å². The van der Waals surface area contributed by atoms with Gasteiger partial charge in [-0.1, -0.05) is 0 Å². The number of rotatable bonds is 10. The molecule has 3 unspecified atom stereocenters. The van der Waals surface area contributed by atoms with E-state index in [1.54, 1.807) is 6.92 Å². The lowest BCUT2D eigenvalue weighted by Crippen LogP contribution is -2.69. The van der Waals surface area contributed by atoms with Gasteiger partial charge in [0, 0.05) is 25.6 Å². The highest BCUT2D eigenvalue weighted by Gasteiger charge is 2.53. The average Bonchev–Trinajstić information content (AvgIpc) is 3.21. The van der Waals surface area contributed by atoms with Gasteiger partial charge in [0.05, 0.1) is 11.9 Å². The van der Waals surface area contributed by atoms with E-state index in [1.165, 1.54) is 0 Å². The number of likely N-dealkylation sites (tertiary alicyclic amines) is 1. The van der Waals surface area contributed by atoms with Crippen LogP contribution in [0.15, 0.2) is 0 Å². The molecule has 2 saturated heterocycles. The number of ether oxygens (including phenoxy) is 2. The molecule has 0 aromatic carbocycles. The van der Waals surface area contributed by atoms with E-state index < -0.39 is 103 Å². The second-order valence-corrected chi connectivity index (χ2v) is 11.3. The Labute approximate surface area is 238 Å². The molecule has 2 heterocycles. The highest BCUT2D eigenvalue weighted by Crippen LogP contribution is 2.30. The molecule has 0 radical (unpaired) electrons. The van der Waals surface area contributed by atoms with Crippen LogP contribution < -0.4 is 10.6 Å². The van der Waals surface area contributed by atoms with Crippen LogP contribution in [0, 0.1) is 0 Å². The van der Waals surface area contributed by atoms with Crippen LogP contribution in [0.3, 0.4) is 0 Å². The van der Waals surface area contributed by atoms with Crippen LogP contribution in [0.1, 0.15) is 20.3 Å². The summed E-state index contributed by atoms with van der Waals surface area (Å²) in [5.41, 5.74) is 0. The van der Waals surface area contributed by atoms with Gasteiger partial charge in [-0.05, 0) is 6.92 Å². The van der Waals surface area contributed by atoms with Crippen LogP contribution in [-0.2, 0) is 28.7 Å². The smallest absolute Gasteiger partial charge is 0.243 e. The minimum atomic E-state index is -1.97. The van der Waals surface area contributed by atoms with Crippen LogP contribution in [-0.4, -0.2) is 167 Å². The first-order chi connectivity index (χ1) is 19.2. The molecule has 4 amide bonds. The van der Waals surface area contributed by atoms with Crippen molar-refractivity contribution in [2.45, 2.75) is 98.8 Å². The Morgan fingerprint density at radius 2 is 1.59 bits per heavy atom. The van der Waals surface area contributed by atoms with Gasteiger partial charge in [-0.15, -0.1) is 11.8 Å².